The number of nitrogens with one attached hydrogen (secondary N) is 3. The summed E-state index contributed by atoms with van der Waals surface area (Å²) in [5.41, 5.74) is 6.15. The van der Waals surface area contributed by atoms with Crippen molar-refractivity contribution in [3.8, 4) is 10.4 Å². The number of nitrogens with zero attached hydrogens (tertiary/aromatic N) is 2. The topological polar surface area (TPSA) is 114 Å². The van der Waals surface area contributed by atoms with E-state index in [1.54, 1.807) is 44.5 Å². The summed E-state index contributed by atoms with van der Waals surface area (Å²) in [6.45, 7) is 5.80. The number of hydrogen-bond acceptors (Lipinski definition) is 6. The second-order valence-corrected chi connectivity index (χ2v) is 12.7. The van der Waals surface area contributed by atoms with Crippen molar-refractivity contribution < 1.29 is 19.1 Å². The predicted molar refractivity (Wildman–Crippen MR) is 183 cm³/mol. The summed E-state index contributed by atoms with van der Waals surface area (Å²) in [6.07, 6.45) is 3.46. The van der Waals surface area contributed by atoms with Crippen molar-refractivity contribution in [1.82, 2.24) is 20.6 Å². The van der Waals surface area contributed by atoms with Crippen LogP contribution in [0.25, 0.3) is 21.3 Å². The van der Waals surface area contributed by atoms with Gasteiger partial charge < -0.3 is 15.4 Å². The van der Waals surface area contributed by atoms with Crippen LogP contribution in [0, 0.1) is 0 Å². The van der Waals surface area contributed by atoms with E-state index in [1.165, 1.54) is 9.44 Å². The second-order valence-electron chi connectivity index (χ2n) is 11.7. The number of urea groups is 1. The molecule has 46 heavy (non-hydrogen) atoms. The number of hydrazone groups is 1. The standard InChI is InChI=1S/C36H37N5O4S/c1-36(2,3)45-35(44)41-24-28(29-12-7-8-13-31(29)41)22-30(33(42)37-20-19-25-10-5-4-6-11-25)39-34(43)40-38-23-26-15-17-27(18-16-26)32-14-9-21-46-32/h4-18,21,23-24,30H,19-20,22H2,1-3H3,(H,37,42)(H2,39,40,43)/b38-23+/t30-/m1/s1. The highest BCUT2D eigenvalue weighted by Crippen LogP contribution is 2.25. The summed E-state index contributed by atoms with van der Waals surface area (Å²) < 4.78 is 7.05. The fourth-order valence-corrected chi connectivity index (χ4v) is 5.67. The molecule has 236 valence electrons. The van der Waals surface area contributed by atoms with Gasteiger partial charge in [-0.1, -0.05) is 78.9 Å². The van der Waals surface area contributed by atoms with Crippen LogP contribution in [0.1, 0.15) is 37.5 Å². The normalized spacial score (nSPS) is 12.2. The molecule has 0 aliphatic heterocycles. The monoisotopic (exact) mass is 635 g/mol. The maximum Gasteiger partial charge on any atom is 0.419 e. The van der Waals surface area contributed by atoms with Crippen LogP contribution in [0.2, 0.25) is 0 Å². The van der Waals surface area contributed by atoms with Gasteiger partial charge in [-0.2, -0.15) is 5.10 Å². The van der Waals surface area contributed by atoms with Crippen LogP contribution in [-0.4, -0.2) is 47.0 Å². The number of amides is 3. The molecule has 2 aromatic heterocycles. The van der Waals surface area contributed by atoms with Gasteiger partial charge in [0, 0.05) is 29.4 Å². The molecule has 0 saturated heterocycles. The van der Waals surface area contributed by atoms with Gasteiger partial charge in [-0.3, -0.25) is 9.36 Å². The van der Waals surface area contributed by atoms with Crippen LogP contribution in [0.4, 0.5) is 9.59 Å². The summed E-state index contributed by atoms with van der Waals surface area (Å²) in [5.74, 6) is -0.353. The first-order valence-electron chi connectivity index (χ1n) is 15.0. The Labute approximate surface area is 272 Å². The molecule has 3 N–H and O–H groups in total. The molecule has 3 amide bonds. The number of aromatic nitrogens is 1. The maximum atomic E-state index is 13.5. The highest BCUT2D eigenvalue weighted by atomic mass is 32.1. The zero-order valence-corrected chi connectivity index (χ0v) is 26.8. The van der Waals surface area contributed by atoms with Crippen LogP contribution in [0.5, 0.6) is 0 Å². The van der Waals surface area contributed by atoms with Crippen molar-refractivity contribution in [1.29, 1.82) is 0 Å². The Morgan fingerprint density at radius 2 is 1.67 bits per heavy atom. The molecular weight excluding hydrogens is 598 g/mol. The largest absolute Gasteiger partial charge is 0.443 e. The van der Waals surface area contributed by atoms with Gasteiger partial charge in [-0.15, -0.1) is 11.3 Å². The number of carbonyl (C=O) groups is 3. The summed E-state index contributed by atoms with van der Waals surface area (Å²) in [6, 6.07) is 27.5. The maximum absolute atomic E-state index is 13.5. The number of rotatable bonds is 10. The van der Waals surface area contributed by atoms with Crippen molar-refractivity contribution >= 4 is 46.5 Å². The SMILES string of the molecule is CC(C)(C)OC(=O)n1cc(C[C@@H](NC(=O)N/N=C/c2ccc(-c3cccs3)cc2)C(=O)NCCc2ccccc2)c2ccccc21. The van der Waals surface area contributed by atoms with E-state index in [4.69, 9.17) is 4.74 Å². The molecule has 2 heterocycles. The summed E-state index contributed by atoms with van der Waals surface area (Å²) >= 11 is 1.66. The quantitative estimate of drug-likeness (QED) is 0.116. The van der Waals surface area contributed by atoms with Crippen molar-refractivity contribution in [3.63, 3.8) is 0 Å². The first-order valence-corrected chi connectivity index (χ1v) is 15.9. The average Bonchev–Trinajstić information content (AvgIpc) is 3.70. The molecule has 1 atom stereocenters. The van der Waals surface area contributed by atoms with Gasteiger partial charge in [0.05, 0.1) is 11.7 Å². The first kappa shape index (κ1) is 32.2. The third-order valence-corrected chi connectivity index (χ3v) is 8.00. The van der Waals surface area contributed by atoms with Gasteiger partial charge in [-0.05, 0) is 67.0 Å². The van der Waals surface area contributed by atoms with E-state index in [0.717, 1.165) is 22.1 Å². The van der Waals surface area contributed by atoms with Crippen LogP contribution in [0.15, 0.2) is 108 Å². The Morgan fingerprint density at radius 3 is 2.39 bits per heavy atom. The minimum Gasteiger partial charge on any atom is -0.443 e. The van der Waals surface area contributed by atoms with Gasteiger partial charge in [0.1, 0.15) is 11.6 Å². The lowest BCUT2D eigenvalue weighted by atomic mass is 10.0. The number of hydrogen-bond donors (Lipinski definition) is 3. The lowest BCUT2D eigenvalue weighted by Gasteiger charge is -2.19. The predicted octanol–water partition coefficient (Wildman–Crippen LogP) is 6.76. The van der Waals surface area contributed by atoms with Crippen molar-refractivity contribution in [2.45, 2.75) is 45.3 Å². The van der Waals surface area contributed by atoms with Gasteiger partial charge in [-0.25, -0.2) is 15.0 Å². The molecule has 10 heteroatoms. The molecule has 0 bridgehead atoms. The molecule has 0 fully saturated rings. The zero-order chi connectivity index (χ0) is 32.5. The first-order chi connectivity index (χ1) is 22.2. The highest BCUT2D eigenvalue weighted by Gasteiger charge is 2.25. The number of benzene rings is 3. The minimum atomic E-state index is -0.950. The Hall–Kier alpha value is -5.22. The van der Waals surface area contributed by atoms with Crippen LogP contribution in [0.3, 0.4) is 0 Å². The third kappa shape index (κ3) is 8.70. The van der Waals surface area contributed by atoms with E-state index in [-0.39, 0.29) is 12.3 Å². The molecule has 0 aliphatic carbocycles. The molecule has 5 aromatic rings. The smallest absolute Gasteiger partial charge is 0.419 e. The number of carbonyl (C=O) groups excluding carboxylic acids is 3. The summed E-state index contributed by atoms with van der Waals surface area (Å²) in [5, 5.41) is 12.6. The molecule has 0 radical (unpaired) electrons. The number of fused-ring (bicyclic) bond motifs is 1. The van der Waals surface area contributed by atoms with E-state index in [0.29, 0.717) is 24.0 Å². The fraction of sp³-hybridized carbons (Fsp3) is 0.222. The second kappa shape index (κ2) is 14.7. The molecule has 0 aliphatic rings. The molecule has 0 saturated carbocycles. The van der Waals surface area contributed by atoms with E-state index < -0.39 is 23.8 Å². The van der Waals surface area contributed by atoms with E-state index in [2.05, 4.69) is 27.2 Å². The third-order valence-electron chi connectivity index (χ3n) is 7.08. The van der Waals surface area contributed by atoms with E-state index >= 15 is 0 Å². The average molecular weight is 636 g/mol. The minimum absolute atomic E-state index is 0.134. The van der Waals surface area contributed by atoms with Crippen molar-refractivity contribution in [2.24, 2.45) is 5.10 Å². The Bertz CT molecular complexity index is 1810. The summed E-state index contributed by atoms with van der Waals surface area (Å²) in [4.78, 5) is 40.7. The molecule has 3 aromatic carbocycles. The number of ether oxygens (including phenoxy) is 1. The molecule has 0 unspecified atom stereocenters. The van der Waals surface area contributed by atoms with Crippen LogP contribution < -0.4 is 16.1 Å². The Morgan fingerprint density at radius 1 is 0.935 bits per heavy atom. The van der Waals surface area contributed by atoms with Crippen LogP contribution >= 0.6 is 11.3 Å². The zero-order valence-electron chi connectivity index (χ0n) is 26.0. The summed E-state index contributed by atoms with van der Waals surface area (Å²) in [7, 11) is 0. The van der Waals surface area contributed by atoms with Gasteiger partial charge >= 0.3 is 12.1 Å². The van der Waals surface area contributed by atoms with Crippen LogP contribution in [-0.2, 0) is 22.4 Å². The number of thiophene rings is 1. The molecule has 9 nitrogen and oxygen atoms in total. The molecule has 5 rings (SSSR count). The van der Waals surface area contributed by atoms with Gasteiger partial charge in [0.25, 0.3) is 0 Å². The lowest BCUT2D eigenvalue weighted by Crippen LogP contribution is -2.50. The Kier molecular flexibility index (Phi) is 10.3. The van der Waals surface area contributed by atoms with Crippen molar-refractivity contribution in [3.05, 3.63) is 119 Å². The van der Waals surface area contributed by atoms with E-state index in [9.17, 15) is 14.4 Å². The highest BCUT2D eigenvalue weighted by molar-refractivity contribution is 7.13. The van der Waals surface area contributed by atoms with Gasteiger partial charge in [0.15, 0.2) is 0 Å². The fourth-order valence-electron chi connectivity index (χ4n) is 4.93. The molecule has 0 spiro atoms. The molecular formula is C36H37N5O4S. The van der Waals surface area contributed by atoms with Crippen molar-refractivity contribution in [2.75, 3.05) is 6.54 Å². The lowest BCUT2D eigenvalue weighted by molar-refractivity contribution is -0.122. The van der Waals surface area contributed by atoms with Gasteiger partial charge in [0.2, 0.25) is 5.91 Å². The Balaban J connectivity index is 1.30. The van der Waals surface area contributed by atoms with E-state index in [1.807, 2.05) is 90.3 Å². The number of para-hydroxylation sites is 1.